The number of carbonyl (C=O) groups is 1. The van der Waals surface area contributed by atoms with Crippen LogP contribution in [0.25, 0.3) is 0 Å². The maximum Gasteiger partial charge on any atom is 0.270 e. The smallest absolute Gasteiger partial charge is 0.270 e. The fraction of sp³-hybridized carbons (Fsp3) is 0.625. The lowest BCUT2D eigenvalue weighted by Gasteiger charge is -2.44. The first-order chi connectivity index (χ1) is 10.6. The highest BCUT2D eigenvalue weighted by molar-refractivity contribution is 5.92. The molecule has 1 N–H and O–H groups in total. The summed E-state index contributed by atoms with van der Waals surface area (Å²) in [7, 11) is 0. The molecule has 2 fully saturated rings. The molecule has 2 aliphatic rings. The van der Waals surface area contributed by atoms with Gasteiger partial charge in [-0.3, -0.25) is 14.5 Å². The molecule has 2 saturated heterocycles. The Labute approximate surface area is 130 Å². The first-order valence-electron chi connectivity index (χ1n) is 7.96. The van der Waals surface area contributed by atoms with Crippen molar-refractivity contribution in [3.05, 3.63) is 34.2 Å². The van der Waals surface area contributed by atoms with Crippen molar-refractivity contribution < 1.29 is 9.53 Å². The van der Waals surface area contributed by atoms with Gasteiger partial charge in [-0.2, -0.15) is 0 Å². The molecule has 0 saturated carbocycles. The highest BCUT2D eigenvalue weighted by Crippen LogP contribution is 2.20. The van der Waals surface area contributed by atoms with Crippen LogP contribution >= 0.6 is 0 Å². The summed E-state index contributed by atoms with van der Waals surface area (Å²) in [6.07, 6.45) is 3.68. The minimum Gasteiger partial charge on any atom is -0.381 e. The van der Waals surface area contributed by atoms with E-state index in [2.05, 4.69) is 16.8 Å². The molecule has 6 nitrogen and oxygen atoms in total. The van der Waals surface area contributed by atoms with Crippen molar-refractivity contribution in [2.45, 2.75) is 31.8 Å². The summed E-state index contributed by atoms with van der Waals surface area (Å²) in [6, 6.07) is 3.52. The van der Waals surface area contributed by atoms with Crippen molar-refractivity contribution in [1.29, 1.82) is 0 Å². The summed E-state index contributed by atoms with van der Waals surface area (Å²) >= 11 is 0. The lowest BCUT2D eigenvalue weighted by atomic mass is 10.0. The van der Waals surface area contributed by atoms with E-state index in [0.717, 1.165) is 39.1 Å². The number of hydrogen-bond acceptors (Lipinski definition) is 4. The van der Waals surface area contributed by atoms with E-state index in [1.54, 1.807) is 0 Å². The average molecular weight is 305 g/mol. The Morgan fingerprint density at radius 3 is 2.77 bits per heavy atom. The van der Waals surface area contributed by atoms with Gasteiger partial charge in [0, 0.05) is 63.3 Å². The molecule has 0 aromatic carbocycles. The molecule has 0 radical (unpaired) electrons. The van der Waals surface area contributed by atoms with Gasteiger partial charge in [-0.05, 0) is 19.8 Å². The van der Waals surface area contributed by atoms with Gasteiger partial charge in [-0.1, -0.05) is 0 Å². The Bertz CT molecular complexity index is 580. The molecule has 0 unspecified atom stereocenters. The summed E-state index contributed by atoms with van der Waals surface area (Å²) in [5.41, 5.74) is 0.231. The molecule has 22 heavy (non-hydrogen) atoms. The van der Waals surface area contributed by atoms with E-state index in [4.69, 9.17) is 4.74 Å². The van der Waals surface area contributed by atoms with Crippen LogP contribution in [0.2, 0.25) is 0 Å². The van der Waals surface area contributed by atoms with E-state index in [0.29, 0.717) is 18.3 Å². The number of carbonyl (C=O) groups excluding carboxylic acids is 1. The molecule has 0 bridgehead atoms. The number of H-pyrrole nitrogens is 1. The number of hydrogen-bond donors (Lipinski definition) is 1. The second-order valence-electron chi connectivity index (χ2n) is 6.12. The molecular formula is C16H23N3O3. The maximum atomic E-state index is 12.6. The van der Waals surface area contributed by atoms with Crippen LogP contribution in [0, 0.1) is 0 Å². The molecule has 1 amide bonds. The third kappa shape index (κ3) is 3.23. The van der Waals surface area contributed by atoms with Crippen LogP contribution < -0.4 is 5.43 Å². The largest absolute Gasteiger partial charge is 0.381 e. The van der Waals surface area contributed by atoms with Crippen LogP contribution in [-0.2, 0) is 4.74 Å². The van der Waals surface area contributed by atoms with Crippen molar-refractivity contribution in [1.82, 2.24) is 14.8 Å². The third-order valence-electron chi connectivity index (χ3n) is 4.63. The van der Waals surface area contributed by atoms with Crippen LogP contribution in [-0.4, -0.2) is 65.6 Å². The van der Waals surface area contributed by atoms with Gasteiger partial charge in [0.05, 0.1) is 0 Å². The molecule has 1 aromatic heterocycles. The first kappa shape index (κ1) is 15.2. The number of rotatable bonds is 2. The van der Waals surface area contributed by atoms with Crippen molar-refractivity contribution >= 4 is 5.91 Å². The van der Waals surface area contributed by atoms with Gasteiger partial charge in [-0.25, -0.2) is 0 Å². The fourth-order valence-electron chi connectivity index (χ4n) is 3.39. The monoisotopic (exact) mass is 305 g/mol. The Morgan fingerprint density at radius 2 is 2.09 bits per heavy atom. The van der Waals surface area contributed by atoms with Crippen LogP contribution in [0.4, 0.5) is 0 Å². The SMILES string of the molecule is C[C@H]1CN(C2CCOCC2)CCN1C(=O)c1cc(=O)cc[nH]1. The van der Waals surface area contributed by atoms with E-state index < -0.39 is 0 Å². The van der Waals surface area contributed by atoms with Gasteiger partial charge >= 0.3 is 0 Å². The molecule has 0 aliphatic carbocycles. The lowest BCUT2D eigenvalue weighted by molar-refractivity contribution is 0.000547. The van der Waals surface area contributed by atoms with Crippen LogP contribution in [0.5, 0.6) is 0 Å². The Morgan fingerprint density at radius 1 is 1.32 bits per heavy atom. The predicted molar refractivity (Wildman–Crippen MR) is 83.0 cm³/mol. The molecule has 2 aliphatic heterocycles. The normalized spacial score (nSPS) is 24.4. The first-order valence-corrected chi connectivity index (χ1v) is 7.96. The van der Waals surface area contributed by atoms with Crippen molar-refractivity contribution in [3.63, 3.8) is 0 Å². The number of aromatic amines is 1. The Hall–Kier alpha value is -1.66. The van der Waals surface area contributed by atoms with Crippen LogP contribution in [0.1, 0.15) is 30.3 Å². The summed E-state index contributed by atoms with van der Waals surface area (Å²) < 4.78 is 5.42. The second-order valence-corrected chi connectivity index (χ2v) is 6.12. The standard InChI is InChI=1S/C16H23N3O3/c1-12-11-18(13-3-8-22-9-4-13)6-7-19(12)16(21)15-10-14(20)2-5-17-15/h2,5,10,12-13H,3-4,6-9,11H2,1H3,(H,17,20)/t12-/m0/s1. The molecule has 3 heterocycles. The molecule has 1 atom stereocenters. The molecule has 3 rings (SSSR count). The van der Waals surface area contributed by atoms with E-state index >= 15 is 0 Å². The topological polar surface area (TPSA) is 65.6 Å². The van der Waals surface area contributed by atoms with Gasteiger partial charge in [0.2, 0.25) is 0 Å². The highest BCUT2D eigenvalue weighted by Gasteiger charge is 2.32. The molecule has 0 spiro atoms. The van der Waals surface area contributed by atoms with E-state index in [1.165, 1.54) is 18.3 Å². The zero-order valence-electron chi connectivity index (χ0n) is 13.0. The van der Waals surface area contributed by atoms with Gasteiger partial charge in [0.1, 0.15) is 5.69 Å². The number of piperazine rings is 1. The van der Waals surface area contributed by atoms with Gasteiger partial charge in [-0.15, -0.1) is 0 Å². The zero-order chi connectivity index (χ0) is 15.5. The number of pyridine rings is 1. The van der Waals surface area contributed by atoms with Gasteiger partial charge in [0.15, 0.2) is 5.43 Å². The van der Waals surface area contributed by atoms with Crippen molar-refractivity contribution in [2.24, 2.45) is 0 Å². The van der Waals surface area contributed by atoms with Crippen molar-refractivity contribution in [2.75, 3.05) is 32.8 Å². The Kier molecular flexibility index (Phi) is 4.59. The van der Waals surface area contributed by atoms with Crippen molar-refractivity contribution in [3.8, 4) is 0 Å². The maximum absolute atomic E-state index is 12.6. The third-order valence-corrected chi connectivity index (χ3v) is 4.63. The summed E-state index contributed by atoms with van der Waals surface area (Å²) in [6.45, 7) is 6.22. The number of aromatic nitrogens is 1. The summed E-state index contributed by atoms with van der Waals surface area (Å²) in [5.74, 6) is -0.0863. The lowest BCUT2D eigenvalue weighted by Crippen LogP contribution is -2.57. The van der Waals surface area contributed by atoms with Crippen LogP contribution in [0.15, 0.2) is 23.1 Å². The highest BCUT2D eigenvalue weighted by atomic mass is 16.5. The van der Waals surface area contributed by atoms with Gasteiger partial charge < -0.3 is 14.6 Å². The number of ether oxygens (including phenoxy) is 1. The molecule has 120 valence electrons. The number of amides is 1. The average Bonchev–Trinajstić information content (AvgIpc) is 2.55. The summed E-state index contributed by atoms with van der Waals surface area (Å²) in [4.78, 5) is 31.2. The Balaban J connectivity index is 1.65. The quantitative estimate of drug-likeness (QED) is 0.873. The second kappa shape index (κ2) is 6.62. The minimum absolute atomic E-state index is 0.0863. The predicted octanol–water partition coefficient (Wildman–Crippen LogP) is 0.700. The molecule has 1 aromatic rings. The molecule has 6 heteroatoms. The van der Waals surface area contributed by atoms with E-state index in [9.17, 15) is 9.59 Å². The van der Waals surface area contributed by atoms with E-state index in [1.807, 2.05) is 4.90 Å². The minimum atomic E-state index is -0.143. The van der Waals surface area contributed by atoms with E-state index in [-0.39, 0.29) is 17.4 Å². The van der Waals surface area contributed by atoms with Crippen LogP contribution in [0.3, 0.4) is 0 Å². The summed E-state index contributed by atoms with van der Waals surface area (Å²) in [5, 5.41) is 0. The number of nitrogens with one attached hydrogen (secondary N) is 1. The number of nitrogens with zero attached hydrogens (tertiary/aromatic N) is 2. The zero-order valence-corrected chi connectivity index (χ0v) is 13.0. The fourth-order valence-corrected chi connectivity index (χ4v) is 3.39. The molecular weight excluding hydrogens is 282 g/mol. The van der Waals surface area contributed by atoms with Gasteiger partial charge in [0.25, 0.3) is 5.91 Å².